The van der Waals surface area contributed by atoms with Gasteiger partial charge in [0.25, 0.3) is 0 Å². The van der Waals surface area contributed by atoms with Crippen LogP contribution in [0.3, 0.4) is 0 Å². The standard InChI is InChI=1S/C21H28ClN3O3/c1-13(2)23-19(27)14-6-5-9-24(11-14)18(26)12-25-17-8-7-15(22)10-16(17)21(3,4)20(25)28/h7-8,10,13-14H,5-6,9,11-12H2,1-4H3,(H,23,27). The van der Waals surface area contributed by atoms with Crippen molar-refractivity contribution in [2.75, 3.05) is 24.5 Å². The number of hydrogen-bond acceptors (Lipinski definition) is 3. The maximum absolute atomic E-state index is 13.0. The fraction of sp³-hybridized carbons (Fsp3) is 0.571. The van der Waals surface area contributed by atoms with Gasteiger partial charge < -0.3 is 15.1 Å². The molecular formula is C21H28ClN3O3. The van der Waals surface area contributed by atoms with Gasteiger partial charge in [0.1, 0.15) is 6.54 Å². The Labute approximate surface area is 171 Å². The monoisotopic (exact) mass is 405 g/mol. The molecule has 152 valence electrons. The van der Waals surface area contributed by atoms with Crippen molar-refractivity contribution < 1.29 is 14.4 Å². The third-order valence-electron chi connectivity index (χ3n) is 5.57. The Hall–Kier alpha value is -2.08. The van der Waals surface area contributed by atoms with Crippen LogP contribution in [0.25, 0.3) is 0 Å². The zero-order chi connectivity index (χ0) is 20.6. The molecule has 1 fully saturated rings. The minimum atomic E-state index is -0.720. The summed E-state index contributed by atoms with van der Waals surface area (Å²) in [5, 5.41) is 3.50. The van der Waals surface area contributed by atoms with Gasteiger partial charge in [0.05, 0.1) is 11.3 Å². The van der Waals surface area contributed by atoms with Gasteiger partial charge in [0.2, 0.25) is 17.7 Å². The first kappa shape index (κ1) is 20.6. The number of nitrogens with zero attached hydrogens (tertiary/aromatic N) is 2. The van der Waals surface area contributed by atoms with E-state index in [9.17, 15) is 14.4 Å². The zero-order valence-electron chi connectivity index (χ0n) is 16.9. The molecule has 1 unspecified atom stereocenters. The number of anilines is 1. The van der Waals surface area contributed by atoms with E-state index in [1.165, 1.54) is 0 Å². The maximum Gasteiger partial charge on any atom is 0.242 e. The molecule has 2 aliphatic rings. The van der Waals surface area contributed by atoms with Crippen LogP contribution >= 0.6 is 11.6 Å². The molecule has 7 heteroatoms. The van der Waals surface area contributed by atoms with E-state index in [0.717, 1.165) is 24.1 Å². The van der Waals surface area contributed by atoms with E-state index < -0.39 is 5.41 Å². The smallest absolute Gasteiger partial charge is 0.242 e. The van der Waals surface area contributed by atoms with Gasteiger partial charge in [-0.1, -0.05) is 11.6 Å². The van der Waals surface area contributed by atoms with E-state index in [1.54, 1.807) is 28.0 Å². The van der Waals surface area contributed by atoms with E-state index in [4.69, 9.17) is 11.6 Å². The van der Waals surface area contributed by atoms with Crippen LogP contribution in [0, 0.1) is 5.92 Å². The van der Waals surface area contributed by atoms with Gasteiger partial charge in [-0.3, -0.25) is 14.4 Å². The fourth-order valence-electron chi connectivity index (χ4n) is 4.02. The predicted octanol–water partition coefficient (Wildman–Crippen LogP) is 2.73. The summed E-state index contributed by atoms with van der Waals surface area (Å²) in [6.45, 7) is 8.54. The van der Waals surface area contributed by atoms with Crippen LogP contribution in [0.2, 0.25) is 5.02 Å². The Balaban J connectivity index is 1.73. The second-order valence-corrected chi connectivity index (χ2v) is 8.96. The number of nitrogens with one attached hydrogen (secondary N) is 1. The van der Waals surface area contributed by atoms with Crippen LogP contribution in [0.1, 0.15) is 46.1 Å². The number of amides is 3. The minimum Gasteiger partial charge on any atom is -0.354 e. The molecule has 1 atom stereocenters. The second-order valence-electron chi connectivity index (χ2n) is 8.52. The van der Waals surface area contributed by atoms with Crippen molar-refractivity contribution in [2.45, 2.75) is 52.0 Å². The van der Waals surface area contributed by atoms with Gasteiger partial charge in [0, 0.05) is 29.8 Å². The van der Waals surface area contributed by atoms with Gasteiger partial charge in [-0.2, -0.15) is 0 Å². The number of carbonyl (C=O) groups is 3. The number of carbonyl (C=O) groups excluding carboxylic acids is 3. The summed E-state index contributed by atoms with van der Waals surface area (Å²) in [6, 6.07) is 5.41. The molecule has 2 heterocycles. The molecule has 0 bridgehead atoms. The van der Waals surface area contributed by atoms with E-state index >= 15 is 0 Å². The number of rotatable bonds is 4. The van der Waals surface area contributed by atoms with Gasteiger partial charge in [-0.15, -0.1) is 0 Å². The van der Waals surface area contributed by atoms with Crippen molar-refractivity contribution in [1.29, 1.82) is 0 Å². The molecule has 28 heavy (non-hydrogen) atoms. The van der Waals surface area contributed by atoms with Gasteiger partial charge in [-0.05, 0) is 64.3 Å². The molecule has 2 aliphatic heterocycles. The lowest BCUT2D eigenvalue weighted by molar-refractivity contribution is -0.136. The molecule has 0 spiro atoms. The highest BCUT2D eigenvalue weighted by atomic mass is 35.5. The fourth-order valence-corrected chi connectivity index (χ4v) is 4.19. The van der Waals surface area contributed by atoms with Crippen LogP contribution in [0.15, 0.2) is 18.2 Å². The Morgan fingerprint density at radius 2 is 2.04 bits per heavy atom. The first-order valence-corrected chi connectivity index (χ1v) is 10.2. The maximum atomic E-state index is 13.0. The molecule has 0 radical (unpaired) electrons. The average molecular weight is 406 g/mol. The third kappa shape index (κ3) is 3.88. The van der Waals surface area contributed by atoms with E-state index in [1.807, 2.05) is 27.7 Å². The molecule has 0 aromatic heterocycles. The number of halogens is 1. The largest absolute Gasteiger partial charge is 0.354 e. The highest BCUT2D eigenvalue weighted by Gasteiger charge is 2.45. The quantitative estimate of drug-likeness (QED) is 0.837. The Morgan fingerprint density at radius 3 is 2.71 bits per heavy atom. The van der Waals surface area contributed by atoms with Crippen LogP contribution in [-0.4, -0.2) is 48.3 Å². The van der Waals surface area contributed by atoms with Crippen molar-refractivity contribution in [1.82, 2.24) is 10.2 Å². The summed E-state index contributed by atoms with van der Waals surface area (Å²) in [7, 11) is 0. The number of hydrogen-bond donors (Lipinski definition) is 1. The van der Waals surface area contributed by atoms with Crippen molar-refractivity contribution in [3.63, 3.8) is 0 Å². The van der Waals surface area contributed by atoms with E-state index in [0.29, 0.717) is 18.1 Å². The first-order chi connectivity index (χ1) is 13.1. The lowest BCUT2D eigenvalue weighted by Crippen LogP contribution is -2.50. The van der Waals surface area contributed by atoms with Crippen molar-refractivity contribution >= 4 is 35.0 Å². The van der Waals surface area contributed by atoms with Crippen LogP contribution < -0.4 is 10.2 Å². The summed E-state index contributed by atoms with van der Waals surface area (Å²) in [4.78, 5) is 41.5. The molecular weight excluding hydrogens is 378 g/mol. The molecule has 0 saturated carbocycles. The topological polar surface area (TPSA) is 69.7 Å². The Bertz CT molecular complexity index is 806. The number of likely N-dealkylation sites (tertiary alicyclic amines) is 1. The first-order valence-electron chi connectivity index (χ1n) is 9.81. The van der Waals surface area contributed by atoms with Gasteiger partial charge in [0.15, 0.2) is 0 Å². The normalized spacial score (nSPS) is 21.1. The SMILES string of the molecule is CC(C)NC(=O)C1CCCN(C(=O)CN2C(=O)C(C)(C)c3cc(Cl)ccc32)C1. The number of piperidine rings is 1. The summed E-state index contributed by atoms with van der Waals surface area (Å²) < 4.78 is 0. The Kier molecular flexibility index (Phi) is 5.71. The van der Waals surface area contributed by atoms with E-state index in [-0.39, 0.29) is 36.2 Å². The lowest BCUT2D eigenvalue weighted by atomic mass is 9.86. The van der Waals surface area contributed by atoms with Crippen molar-refractivity contribution in [3.8, 4) is 0 Å². The molecule has 1 saturated heterocycles. The van der Waals surface area contributed by atoms with Crippen LogP contribution in [0.5, 0.6) is 0 Å². The summed E-state index contributed by atoms with van der Waals surface area (Å²) in [6.07, 6.45) is 1.56. The van der Waals surface area contributed by atoms with E-state index in [2.05, 4.69) is 5.32 Å². The Morgan fingerprint density at radius 1 is 1.32 bits per heavy atom. The predicted molar refractivity (Wildman–Crippen MR) is 109 cm³/mol. The van der Waals surface area contributed by atoms with Crippen LogP contribution in [-0.2, 0) is 19.8 Å². The molecule has 0 aliphatic carbocycles. The molecule has 6 nitrogen and oxygen atoms in total. The zero-order valence-corrected chi connectivity index (χ0v) is 17.7. The van der Waals surface area contributed by atoms with Crippen molar-refractivity contribution in [3.05, 3.63) is 28.8 Å². The average Bonchev–Trinajstić information content (AvgIpc) is 2.82. The second kappa shape index (κ2) is 7.74. The minimum absolute atomic E-state index is 0.00845. The molecule has 3 rings (SSSR count). The third-order valence-corrected chi connectivity index (χ3v) is 5.81. The summed E-state index contributed by atoms with van der Waals surface area (Å²) >= 11 is 6.11. The number of fused-ring (bicyclic) bond motifs is 1. The molecule has 3 amide bonds. The number of benzene rings is 1. The summed E-state index contributed by atoms with van der Waals surface area (Å²) in [5.41, 5.74) is 0.853. The highest BCUT2D eigenvalue weighted by molar-refractivity contribution is 6.31. The van der Waals surface area contributed by atoms with Crippen LogP contribution in [0.4, 0.5) is 5.69 Å². The summed E-state index contributed by atoms with van der Waals surface area (Å²) in [5.74, 6) is -0.444. The van der Waals surface area contributed by atoms with Crippen molar-refractivity contribution in [2.24, 2.45) is 5.92 Å². The molecule has 1 aromatic rings. The van der Waals surface area contributed by atoms with Gasteiger partial charge in [-0.25, -0.2) is 0 Å². The highest BCUT2D eigenvalue weighted by Crippen LogP contribution is 2.42. The van der Waals surface area contributed by atoms with Gasteiger partial charge >= 0.3 is 0 Å². The molecule has 1 aromatic carbocycles. The lowest BCUT2D eigenvalue weighted by Gasteiger charge is -2.33. The molecule has 1 N–H and O–H groups in total.